The van der Waals surface area contributed by atoms with E-state index in [1.54, 1.807) is 24.0 Å². The maximum Gasteiger partial charge on any atom is 0.410 e. The molecule has 2 saturated heterocycles. The van der Waals surface area contributed by atoms with Gasteiger partial charge >= 0.3 is 17.7 Å². The number of nitrogens with one attached hydrogen (secondary N) is 1. The van der Waals surface area contributed by atoms with Crippen molar-refractivity contribution in [3.63, 3.8) is 0 Å². The topological polar surface area (TPSA) is 127 Å². The van der Waals surface area contributed by atoms with E-state index in [1.807, 2.05) is 0 Å². The number of aromatic amines is 1. The average molecular weight is 482 g/mol. The molecule has 2 bridgehead atoms. The van der Waals surface area contributed by atoms with Crippen molar-refractivity contribution in [2.45, 2.75) is 51.1 Å². The van der Waals surface area contributed by atoms with Crippen molar-refractivity contribution in [3.05, 3.63) is 68.0 Å². The van der Waals surface area contributed by atoms with Gasteiger partial charge in [0.15, 0.2) is 0 Å². The number of H-pyrrole nitrogens is 1. The summed E-state index contributed by atoms with van der Waals surface area (Å²) in [6.07, 6.45) is 2.59. The smallest absolute Gasteiger partial charge is 0.410 e. The van der Waals surface area contributed by atoms with Crippen LogP contribution in [0, 0.1) is 5.82 Å². The van der Waals surface area contributed by atoms with Crippen LogP contribution in [0.15, 0.2) is 49.5 Å². The van der Waals surface area contributed by atoms with E-state index in [2.05, 4.69) is 15.1 Å². The number of aromatic nitrogens is 2. The Morgan fingerprint density at radius 3 is 2.74 bits per heavy atom. The minimum atomic E-state index is -0.692. The van der Waals surface area contributed by atoms with Gasteiger partial charge in [0.05, 0.1) is 12.3 Å². The zero-order chi connectivity index (χ0) is 24.5. The van der Waals surface area contributed by atoms with Gasteiger partial charge in [-0.1, -0.05) is 17.3 Å². The molecule has 0 radical (unpaired) electrons. The van der Waals surface area contributed by atoms with E-state index in [0.29, 0.717) is 30.6 Å². The number of amides is 1. The Morgan fingerprint density at radius 2 is 2.03 bits per heavy atom. The van der Waals surface area contributed by atoms with E-state index < -0.39 is 17.0 Å². The van der Waals surface area contributed by atoms with Gasteiger partial charge in [0.25, 0.3) is 5.56 Å². The highest BCUT2D eigenvalue weighted by Gasteiger charge is 2.43. The molecule has 1 N–H and O–H groups in total. The number of nitrogens with zero attached hydrogens (tertiary/aromatic N) is 3. The Morgan fingerprint density at radius 1 is 1.26 bits per heavy atom. The summed E-state index contributed by atoms with van der Waals surface area (Å²) in [4.78, 5) is 50.9. The predicted octanol–water partition coefficient (Wildman–Crippen LogP) is 3.12. The molecule has 1 amide bonds. The molecule has 35 heavy (non-hydrogen) atoms. The summed E-state index contributed by atoms with van der Waals surface area (Å²) in [5, 5.41) is 4.23. The molecule has 2 aromatic heterocycles. The van der Waals surface area contributed by atoms with E-state index in [1.165, 1.54) is 18.2 Å². The van der Waals surface area contributed by atoms with E-state index in [0.717, 1.165) is 18.6 Å². The van der Waals surface area contributed by atoms with Gasteiger partial charge in [0.2, 0.25) is 5.71 Å². The van der Waals surface area contributed by atoms with Crippen LogP contribution in [0.3, 0.4) is 0 Å². The van der Waals surface area contributed by atoms with Crippen molar-refractivity contribution in [2.24, 2.45) is 5.16 Å². The number of halogens is 1. The zero-order valence-electron chi connectivity index (χ0n) is 19.0. The predicted molar refractivity (Wildman–Crippen MR) is 123 cm³/mol. The number of rotatable bonds is 5. The van der Waals surface area contributed by atoms with Gasteiger partial charge in [-0.3, -0.25) is 9.78 Å². The molecular formula is C24H23FN4O6. The molecule has 3 aromatic rings. The number of hydrogen-bond acceptors (Lipinski definition) is 8. The normalized spacial score (nSPS) is 19.1. The van der Waals surface area contributed by atoms with Gasteiger partial charge < -0.3 is 18.9 Å². The second-order valence-electron chi connectivity index (χ2n) is 8.60. The average Bonchev–Trinajstić information content (AvgIpc) is 3.07. The second-order valence-corrected chi connectivity index (χ2v) is 8.60. The summed E-state index contributed by atoms with van der Waals surface area (Å²) >= 11 is 0. The molecule has 5 rings (SSSR count). The highest BCUT2D eigenvalue weighted by Crippen LogP contribution is 2.35. The first-order chi connectivity index (χ1) is 16.9. The van der Waals surface area contributed by atoms with E-state index in [9.17, 15) is 18.8 Å². The fraction of sp³-hybridized carbons (Fsp3) is 0.375. The van der Waals surface area contributed by atoms with Crippen LogP contribution in [0.5, 0.6) is 6.01 Å². The lowest BCUT2D eigenvalue weighted by Crippen LogP contribution is -2.47. The quantitative estimate of drug-likeness (QED) is 0.554. The Bertz CT molecular complexity index is 1420. The number of ether oxygens (including phenoxy) is 1. The van der Waals surface area contributed by atoms with Crippen molar-refractivity contribution < 1.29 is 23.2 Å². The highest BCUT2D eigenvalue weighted by atomic mass is 19.1. The minimum absolute atomic E-state index is 0.0119. The summed E-state index contributed by atoms with van der Waals surface area (Å²) in [6, 6.07) is 6.83. The van der Waals surface area contributed by atoms with Crippen LogP contribution in [0.1, 0.15) is 43.7 Å². The molecule has 2 fully saturated rings. The number of hydrogen-bond donors (Lipinski definition) is 1. The molecule has 1 aromatic carbocycles. The Hall–Kier alpha value is -4.02. The zero-order valence-corrected chi connectivity index (χ0v) is 19.0. The first-order valence-corrected chi connectivity index (χ1v) is 11.4. The van der Waals surface area contributed by atoms with Crippen molar-refractivity contribution in [1.82, 2.24) is 14.9 Å². The first-order valence-electron chi connectivity index (χ1n) is 11.4. The number of fused-ring (bicyclic) bond motifs is 3. The van der Waals surface area contributed by atoms with Gasteiger partial charge in [-0.2, -0.15) is 4.98 Å². The standard InChI is InChI=1S/C24H23FN4O6/c1-2-33-24(32)29-17-6-7-18(29)12-16(11-17)28-35-23-26-21(31)20-14(10-19(30)34-22(20)27-23)8-13-4-3-5-15(25)9-13/h3-5,9-10,17-18H,2,6-8,11-12H2,1H3,(H,26,27,31). The summed E-state index contributed by atoms with van der Waals surface area (Å²) in [5.41, 5.74) is 0.227. The molecule has 0 saturated carbocycles. The van der Waals surface area contributed by atoms with Gasteiger partial charge in [-0.25, -0.2) is 14.0 Å². The number of benzene rings is 1. The van der Waals surface area contributed by atoms with Gasteiger partial charge in [-0.15, -0.1) is 0 Å². The highest BCUT2D eigenvalue weighted by molar-refractivity contribution is 5.88. The van der Waals surface area contributed by atoms with Gasteiger partial charge in [0, 0.05) is 31.0 Å². The summed E-state index contributed by atoms with van der Waals surface area (Å²) in [5.74, 6) is -0.418. The van der Waals surface area contributed by atoms with Crippen LogP contribution in [-0.2, 0) is 11.2 Å². The number of carbonyl (C=O) groups is 1. The number of piperidine rings is 1. The largest absolute Gasteiger partial charge is 0.450 e. The van der Waals surface area contributed by atoms with Crippen LogP contribution in [0.2, 0.25) is 0 Å². The molecule has 2 aliphatic heterocycles. The van der Waals surface area contributed by atoms with Crippen LogP contribution < -0.4 is 16.0 Å². The van der Waals surface area contributed by atoms with Crippen LogP contribution in [-0.4, -0.2) is 45.4 Å². The Balaban J connectivity index is 1.38. The summed E-state index contributed by atoms with van der Waals surface area (Å²) in [6.45, 7) is 2.09. The lowest BCUT2D eigenvalue weighted by Gasteiger charge is -2.34. The molecule has 4 heterocycles. The SMILES string of the molecule is CCOC(=O)N1C2CCC1CC(=NOc1nc3oc(=O)cc(Cc4cccc(F)c4)c3c(=O)[nH]1)C2. The van der Waals surface area contributed by atoms with Crippen molar-refractivity contribution in [2.75, 3.05) is 6.61 Å². The van der Waals surface area contributed by atoms with Crippen LogP contribution in [0.4, 0.5) is 9.18 Å². The third kappa shape index (κ3) is 4.66. The van der Waals surface area contributed by atoms with Crippen molar-refractivity contribution in [3.8, 4) is 6.01 Å². The number of carbonyl (C=O) groups excluding carboxylic acids is 1. The fourth-order valence-corrected chi connectivity index (χ4v) is 4.85. The van der Waals surface area contributed by atoms with E-state index >= 15 is 0 Å². The maximum atomic E-state index is 13.6. The summed E-state index contributed by atoms with van der Waals surface area (Å²) < 4.78 is 23.9. The Kier molecular flexibility index (Phi) is 6.06. The molecule has 11 heteroatoms. The molecule has 0 aliphatic carbocycles. The lowest BCUT2D eigenvalue weighted by molar-refractivity contribution is 0.0856. The molecule has 182 valence electrons. The monoisotopic (exact) mass is 482 g/mol. The van der Waals surface area contributed by atoms with E-state index in [-0.39, 0.29) is 41.7 Å². The van der Waals surface area contributed by atoms with Crippen LogP contribution in [0.25, 0.3) is 11.1 Å². The van der Waals surface area contributed by atoms with E-state index in [4.69, 9.17) is 14.0 Å². The summed E-state index contributed by atoms with van der Waals surface area (Å²) in [7, 11) is 0. The lowest BCUT2D eigenvalue weighted by atomic mass is 10.0. The third-order valence-corrected chi connectivity index (χ3v) is 6.26. The molecule has 2 aliphatic rings. The second kappa shape index (κ2) is 9.32. The molecule has 2 atom stereocenters. The minimum Gasteiger partial charge on any atom is -0.450 e. The van der Waals surface area contributed by atoms with Crippen molar-refractivity contribution in [1.29, 1.82) is 0 Å². The third-order valence-electron chi connectivity index (χ3n) is 6.26. The maximum absolute atomic E-state index is 13.6. The molecule has 0 spiro atoms. The first kappa shape index (κ1) is 22.8. The fourth-order valence-electron chi connectivity index (χ4n) is 4.85. The van der Waals surface area contributed by atoms with Crippen molar-refractivity contribution >= 4 is 22.9 Å². The van der Waals surface area contributed by atoms with Gasteiger partial charge in [0.1, 0.15) is 11.2 Å². The van der Waals surface area contributed by atoms with Crippen LogP contribution >= 0.6 is 0 Å². The molecule has 2 unspecified atom stereocenters. The Labute approximate surface area is 198 Å². The molecule has 10 nitrogen and oxygen atoms in total. The molecular weight excluding hydrogens is 459 g/mol. The number of oxime groups is 1. The van der Waals surface area contributed by atoms with Gasteiger partial charge in [-0.05, 0) is 49.4 Å².